The zero-order valence-corrected chi connectivity index (χ0v) is 13.1. The van der Waals surface area contributed by atoms with Crippen LogP contribution in [0.5, 0.6) is 0 Å². The number of hydrogen-bond acceptors (Lipinski definition) is 3. The molecule has 0 atom stereocenters. The summed E-state index contributed by atoms with van der Waals surface area (Å²) in [5.74, 6) is 0. The van der Waals surface area contributed by atoms with Crippen LogP contribution in [0.3, 0.4) is 0 Å². The molecule has 1 aromatic carbocycles. The molecule has 0 aliphatic rings. The van der Waals surface area contributed by atoms with E-state index < -0.39 is 31.7 Å². The molecular formula is C12H16ClF3N2O2S. The maximum absolute atomic E-state index is 12.7. The number of sulfonamides is 1. The van der Waals surface area contributed by atoms with Crippen molar-refractivity contribution in [1.82, 2.24) is 9.62 Å². The van der Waals surface area contributed by atoms with E-state index in [0.717, 1.165) is 12.1 Å². The van der Waals surface area contributed by atoms with Crippen LogP contribution in [-0.4, -0.2) is 40.5 Å². The van der Waals surface area contributed by atoms with Gasteiger partial charge < -0.3 is 4.90 Å². The first kappa shape index (κ1) is 18.2. The van der Waals surface area contributed by atoms with Crippen LogP contribution in [0.25, 0.3) is 0 Å². The Morgan fingerprint density at radius 3 is 2.43 bits per heavy atom. The number of rotatable bonds is 6. The number of nitrogens with one attached hydrogen (secondary N) is 1. The molecule has 120 valence electrons. The quantitative estimate of drug-likeness (QED) is 0.807. The first-order valence-electron chi connectivity index (χ1n) is 6.05. The highest BCUT2D eigenvalue weighted by Gasteiger charge is 2.34. The van der Waals surface area contributed by atoms with Gasteiger partial charge in [-0.3, -0.25) is 0 Å². The molecule has 0 saturated heterocycles. The number of benzene rings is 1. The molecule has 0 aliphatic carbocycles. The molecule has 0 aromatic heterocycles. The van der Waals surface area contributed by atoms with Crippen molar-refractivity contribution < 1.29 is 21.6 Å². The van der Waals surface area contributed by atoms with Crippen molar-refractivity contribution in [2.75, 3.05) is 27.2 Å². The molecule has 0 fully saturated rings. The molecule has 0 heterocycles. The fourth-order valence-corrected chi connectivity index (χ4v) is 2.90. The molecule has 1 N–H and O–H groups in total. The standard InChI is InChI=1S/C12H16ClF3N2O2S/c1-18(2)7-3-6-17-21(19,20)9-4-5-11(13)10(8-9)12(14,15)16/h4-5,8,17H,3,6-7H2,1-2H3. The summed E-state index contributed by atoms with van der Waals surface area (Å²) >= 11 is 5.45. The van der Waals surface area contributed by atoms with Crippen LogP contribution in [0, 0.1) is 0 Å². The van der Waals surface area contributed by atoms with Gasteiger partial charge in [0.2, 0.25) is 10.0 Å². The van der Waals surface area contributed by atoms with Crippen LogP contribution in [0.4, 0.5) is 13.2 Å². The van der Waals surface area contributed by atoms with Gasteiger partial charge in [0.1, 0.15) is 0 Å². The summed E-state index contributed by atoms with van der Waals surface area (Å²) in [6.45, 7) is 0.807. The summed E-state index contributed by atoms with van der Waals surface area (Å²) in [6, 6.07) is 2.52. The first-order valence-corrected chi connectivity index (χ1v) is 7.91. The van der Waals surface area contributed by atoms with E-state index in [0.29, 0.717) is 19.0 Å². The lowest BCUT2D eigenvalue weighted by atomic mass is 10.2. The van der Waals surface area contributed by atoms with Crippen LogP contribution < -0.4 is 4.72 Å². The highest BCUT2D eigenvalue weighted by atomic mass is 35.5. The highest BCUT2D eigenvalue weighted by Crippen LogP contribution is 2.35. The molecule has 0 bridgehead atoms. The Morgan fingerprint density at radius 2 is 1.90 bits per heavy atom. The Labute approximate surface area is 126 Å². The molecule has 0 saturated carbocycles. The summed E-state index contributed by atoms with van der Waals surface area (Å²) in [7, 11) is -0.312. The van der Waals surface area contributed by atoms with Crippen molar-refractivity contribution in [2.45, 2.75) is 17.5 Å². The van der Waals surface area contributed by atoms with Crippen molar-refractivity contribution in [3.8, 4) is 0 Å². The van der Waals surface area contributed by atoms with E-state index in [1.54, 1.807) is 0 Å². The lowest BCUT2D eigenvalue weighted by Gasteiger charge is -2.13. The molecule has 4 nitrogen and oxygen atoms in total. The highest BCUT2D eigenvalue weighted by molar-refractivity contribution is 7.89. The fraction of sp³-hybridized carbons (Fsp3) is 0.500. The van der Waals surface area contributed by atoms with E-state index in [4.69, 9.17) is 11.6 Å². The maximum Gasteiger partial charge on any atom is 0.417 e. The van der Waals surface area contributed by atoms with Gasteiger partial charge in [-0.15, -0.1) is 0 Å². The third kappa shape index (κ3) is 5.46. The van der Waals surface area contributed by atoms with E-state index in [-0.39, 0.29) is 6.54 Å². The second-order valence-electron chi connectivity index (χ2n) is 4.69. The van der Waals surface area contributed by atoms with Crippen LogP contribution in [-0.2, 0) is 16.2 Å². The molecule has 0 aliphatic heterocycles. The van der Waals surface area contributed by atoms with Gasteiger partial charge in [-0.2, -0.15) is 13.2 Å². The molecular weight excluding hydrogens is 329 g/mol. The normalized spacial score (nSPS) is 12.9. The van der Waals surface area contributed by atoms with Gasteiger partial charge in [-0.25, -0.2) is 13.1 Å². The molecule has 1 rings (SSSR count). The van der Waals surface area contributed by atoms with E-state index in [2.05, 4.69) is 4.72 Å². The Morgan fingerprint density at radius 1 is 1.29 bits per heavy atom. The average molecular weight is 345 g/mol. The molecule has 0 unspecified atom stereocenters. The Kier molecular flexibility index (Phi) is 6.03. The van der Waals surface area contributed by atoms with E-state index in [9.17, 15) is 21.6 Å². The summed E-state index contributed by atoms with van der Waals surface area (Å²) in [5, 5.41) is -0.533. The molecule has 1 aromatic rings. The van der Waals surface area contributed by atoms with Crippen molar-refractivity contribution in [3.05, 3.63) is 28.8 Å². The second-order valence-corrected chi connectivity index (χ2v) is 6.87. The number of nitrogens with zero attached hydrogens (tertiary/aromatic N) is 1. The monoisotopic (exact) mass is 344 g/mol. The van der Waals surface area contributed by atoms with Gasteiger partial charge >= 0.3 is 6.18 Å². The van der Waals surface area contributed by atoms with Crippen molar-refractivity contribution in [1.29, 1.82) is 0 Å². The van der Waals surface area contributed by atoms with Crippen molar-refractivity contribution in [2.24, 2.45) is 0 Å². The largest absolute Gasteiger partial charge is 0.417 e. The molecule has 0 amide bonds. The summed E-state index contributed by atoms with van der Waals surface area (Å²) in [6.07, 6.45) is -4.15. The first-order chi connectivity index (χ1) is 9.54. The average Bonchev–Trinajstić information content (AvgIpc) is 2.33. The second kappa shape index (κ2) is 6.95. The van der Waals surface area contributed by atoms with Crippen LogP contribution in [0.1, 0.15) is 12.0 Å². The number of halogens is 4. The molecule has 21 heavy (non-hydrogen) atoms. The van der Waals surface area contributed by atoms with Gasteiger partial charge in [0.05, 0.1) is 15.5 Å². The smallest absolute Gasteiger partial charge is 0.309 e. The number of hydrogen-bond donors (Lipinski definition) is 1. The number of alkyl halides is 3. The third-order valence-electron chi connectivity index (χ3n) is 2.63. The van der Waals surface area contributed by atoms with Crippen LogP contribution in [0.15, 0.2) is 23.1 Å². The molecule has 0 spiro atoms. The predicted molar refractivity (Wildman–Crippen MR) is 74.8 cm³/mol. The van der Waals surface area contributed by atoms with E-state index in [1.807, 2.05) is 19.0 Å². The topological polar surface area (TPSA) is 49.4 Å². The van der Waals surface area contributed by atoms with Crippen molar-refractivity contribution in [3.63, 3.8) is 0 Å². The summed E-state index contributed by atoms with van der Waals surface area (Å²) < 4.78 is 64.2. The summed E-state index contributed by atoms with van der Waals surface area (Å²) in [4.78, 5) is 1.42. The van der Waals surface area contributed by atoms with Crippen LogP contribution >= 0.6 is 11.6 Å². The predicted octanol–water partition coefficient (Wildman–Crippen LogP) is 2.59. The SMILES string of the molecule is CN(C)CCCNS(=O)(=O)c1ccc(Cl)c(C(F)(F)F)c1. The Bertz CT molecular complexity index is 589. The van der Waals surface area contributed by atoms with Gasteiger partial charge in [0, 0.05) is 6.54 Å². The lowest BCUT2D eigenvalue weighted by molar-refractivity contribution is -0.137. The van der Waals surface area contributed by atoms with Gasteiger partial charge in [-0.1, -0.05) is 11.6 Å². The van der Waals surface area contributed by atoms with Gasteiger partial charge in [0.15, 0.2) is 0 Å². The minimum Gasteiger partial charge on any atom is -0.309 e. The Balaban J connectivity index is 2.89. The minimum absolute atomic E-state index is 0.143. The van der Waals surface area contributed by atoms with Crippen molar-refractivity contribution >= 4 is 21.6 Å². The third-order valence-corrected chi connectivity index (χ3v) is 4.42. The van der Waals surface area contributed by atoms with Gasteiger partial charge in [-0.05, 0) is 45.3 Å². The fourth-order valence-electron chi connectivity index (χ4n) is 1.57. The Hall–Kier alpha value is -0.830. The lowest BCUT2D eigenvalue weighted by Crippen LogP contribution is -2.27. The zero-order valence-electron chi connectivity index (χ0n) is 11.5. The zero-order chi connectivity index (χ0) is 16.3. The van der Waals surface area contributed by atoms with E-state index in [1.165, 1.54) is 0 Å². The molecule has 9 heteroatoms. The van der Waals surface area contributed by atoms with E-state index >= 15 is 0 Å². The van der Waals surface area contributed by atoms with Crippen LogP contribution in [0.2, 0.25) is 5.02 Å². The summed E-state index contributed by atoms with van der Waals surface area (Å²) in [5.41, 5.74) is -1.17. The van der Waals surface area contributed by atoms with Gasteiger partial charge in [0.25, 0.3) is 0 Å². The minimum atomic E-state index is -4.70. The maximum atomic E-state index is 12.7. The molecule has 0 radical (unpaired) electrons.